The van der Waals surface area contributed by atoms with Crippen molar-refractivity contribution in [2.75, 3.05) is 26.3 Å². The van der Waals surface area contributed by atoms with Crippen LogP contribution in [0.1, 0.15) is 26.3 Å². The van der Waals surface area contributed by atoms with E-state index in [1.54, 1.807) is 29.2 Å². The fourth-order valence-corrected chi connectivity index (χ4v) is 3.45. The summed E-state index contributed by atoms with van der Waals surface area (Å²) in [5, 5.41) is 0.720. The molecule has 8 heteroatoms. The van der Waals surface area contributed by atoms with Gasteiger partial charge in [-0.25, -0.2) is 0 Å². The van der Waals surface area contributed by atoms with E-state index < -0.39 is 5.91 Å². The quantitative estimate of drug-likeness (QED) is 0.701. The molecule has 26 heavy (non-hydrogen) atoms. The number of rotatable bonds is 8. The van der Waals surface area contributed by atoms with E-state index in [9.17, 15) is 9.59 Å². The number of nitrogens with zero attached hydrogens (tertiary/aromatic N) is 2. The molecule has 0 spiro atoms. The third kappa shape index (κ3) is 4.78. The lowest BCUT2D eigenvalue weighted by molar-refractivity contribution is -0.122. The second kappa shape index (κ2) is 9.28. The van der Waals surface area contributed by atoms with Crippen LogP contribution in [0, 0.1) is 0 Å². The largest absolute Gasteiger partial charge is 0.490 e. The third-order valence-electron chi connectivity index (χ3n) is 3.43. The summed E-state index contributed by atoms with van der Waals surface area (Å²) in [6.07, 6.45) is 1.80. The molecule has 0 aromatic heterocycles. The zero-order chi connectivity index (χ0) is 19.1. The Labute approximate surface area is 157 Å². The highest BCUT2D eigenvalue weighted by Crippen LogP contribution is 2.34. The lowest BCUT2D eigenvalue weighted by Gasteiger charge is -2.12. The van der Waals surface area contributed by atoms with Gasteiger partial charge in [0.05, 0.1) is 11.5 Å². The second-order valence-corrected chi connectivity index (χ2v) is 6.32. The number of primary amides is 1. The SMILES string of the molecule is CCN=C1S/C(=C/c2ccc(OCC(N)=O)c(OCC)c2)C(=O)N1CC. The molecule has 0 bridgehead atoms. The molecule has 1 fully saturated rings. The van der Waals surface area contributed by atoms with Crippen LogP contribution in [0.25, 0.3) is 6.08 Å². The molecule has 1 aromatic carbocycles. The summed E-state index contributed by atoms with van der Waals surface area (Å²) in [6.45, 7) is 7.13. The van der Waals surface area contributed by atoms with Crippen LogP contribution >= 0.6 is 11.8 Å². The van der Waals surface area contributed by atoms with Crippen molar-refractivity contribution in [1.29, 1.82) is 0 Å². The number of nitrogens with two attached hydrogens (primary N) is 1. The lowest BCUT2D eigenvalue weighted by atomic mass is 10.2. The number of amidine groups is 1. The molecule has 0 saturated carbocycles. The van der Waals surface area contributed by atoms with Crippen LogP contribution in [0.15, 0.2) is 28.1 Å². The molecule has 1 saturated heterocycles. The highest BCUT2D eigenvalue weighted by molar-refractivity contribution is 8.18. The van der Waals surface area contributed by atoms with Crippen LogP contribution < -0.4 is 15.2 Å². The van der Waals surface area contributed by atoms with Gasteiger partial charge in [-0.1, -0.05) is 6.07 Å². The minimum atomic E-state index is -0.561. The van der Waals surface area contributed by atoms with Gasteiger partial charge in [-0.05, 0) is 56.3 Å². The van der Waals surface area contributed by atoms with Crippen molar-refractivity contribution in [3.05, 3.63) is 28.7 Å². The third-order valence-corrected chi connectivity index (χ3v) is 4.48. The van der Waals surface area contributed by atoms with Crippen LogP contribution in [0.5, 0.6) is 11.5 Å². The molecule has 0 atom stereocenters. The van der Waals surface area contributed by atoms with Crippen molar-refractivity contribution in [3.8, 4) is 11.5 Å². The maximum atomic E-state index is 12.5. The average Bonchev–Trinajstić information content (AvgIpc) is 2.89. The number of ether oxygens (including phenoxy) is 2. The van der Waals surface area contributed by atoms with Gasteiger partial charge < -0.3 is 15.2 Å². The first-order valence-corrected chi connectivity index (χ1v) is 9.25. The van der Waals surface area contributed by atoms with E-state index in [-0.39, 0.29) is 12.5 Å². The number of hydrogen-bond acceptors (Lipinski definition) is 6. The van der Waals surface area contributed by atoms with Gasteiger partial charge in [-0.3, -0.25) is 19.5 Å². The number of carbonyl (C=O) groups excluding carboxylic acids is 2. The average molecular weight is 377 g/mol. The van der Waals surface area contributed by atoms with Crippen LogP contribution in [0.4, 0.5) is 0 Å². The first kappa shape index (κ1) is 19.8. The van der Waals surface area contributed by atoms with E-state index in [1.807, 2.05) is 20.8 Å². The summed E-state index contributed by atoms with van der Waals surface area (Å²) < 4.78 is 10.9. The molecule has 7 nitrogen and oxygen atoms in total. The van der Waals surface area contributed by atoms with Gasteiger partial charge >= 0.3 is 0 Å². The summed E-state index contributed by atoms with van der Waals surface area (Å²) in [6, 6.07) is 5.26. The maximum Gasteiger partial charge on any atom is 0.266 e. The van der Waals surface area contributed by atoms with E-state index in [4.69, 9.17) is 15.2 Å². The molecule has 2 N–H and O–H groups in total. The summed E-state index contributed by atoms with van der Waals surface area (Å²) in [5.41, 5.74) is 5.91. The molecule has 0 unspecified atom stereocenters. The predicted octanol–water partition coefficient (Wildman–Crippen LogP) is 2.26. The van der Waals surface area contributed by atoms with Crippen LogP contribution in [0.3, 0.4) is 0 Å². The lowest BCUT2D eigenvalue weighted by Crippen LogP contribution is -2.28. The Morgan fingerprint density at radius 1 is 1.27 bits per heavy atom. The summed E-state index contributed by atoms with van der Waals surface area (Å²) in [4.78, 5) is 30.1. The molecule has 2 rings (SSSR count). The number of thioether (sulfide) groups is 1. The van der Waals surface area contributed by atoms with Gasteiger partial charge in [0.2, 0.25) is 0 Å². The molecular weight excluding hydrogens is 354 g/mol. The normalized spacial score (nSPS) is 17.2. The molecule has 0 radical (unpaired) electrons. The zero-order valence-corrected chi connectivity index (χ0v) is 16.0. The van der Waals surface area contributed by atoms with Crippen molar-refractivity contribution in [2.24, 2.45) is 10.7 Å². The Bertz CT molecular complexity index is 746. The Balaban J connectivity index is 2.29. The summed E-state index contributed by atoms with van der Waals surface area (Å²) >= 11 is 1.36. The molecule has 0 aliphatic carbocycles. The number of benzene rings is 1. The maximum absolute atomic E-state index is 12.5. The number of carbonyl (C=O) groups is 2. The molecule has 2 amide bonds. The topological polar surface area (TPSA) is 94.2 Å². The van der Waals surface area contributed by atoms with Gasteiger partial charge in [0.25, 0.3) is 11.8 Å². The first-order valence-electron chi connectivity index (χ1n) is 8.43. The Kier molecular flexibility index (Phi) is 7.08. The van der Waals surface area contributed by atoms with E-state index >= 15 is 0 Å². The van der Waals surface area contributed by atoms with Crippen molar-refractivity contribution in [1.82, 2.24) is 4.90 Å². The molecule has 140 valence electrons. The number of aliphatic imine (C=N–C) groups is 1. The fraction of sp³-hybridized carbons (Fsp3) is 0.389. The van der Waals surface area contributed by atoms with Gasteiger partial charge in [0, 0.05) is 13.1 Å². The smallest absolute Gasteiger partial charge is 0.266 e. The van der Waals surface area contributed by atoms with Crippen molar-refractivity contribution in [3.63, 3.8) is 0 Å². The predicted molar refractivity (Wildman–Crippen MR) is 103 cm³/mol. The van der Waals surface area contributed by atoms with Gasteiger partial charge in [-0.2, -0.15) is 0 Å². The van der Waals surface area contributed by atoms with E-state index in [2.05, 4.69) is 4.99 Å². The van der Waals surface area contributed by atoms with Crippen LogP contribution in [-0.4, -0.2) is 48.2 Å². The highest BCUT2D eigenvalue weighted by Gasteiger charge is 2.31. The van der Waals surface area contributed by atoms with Gasteiger partial charge in [0.1, 0.15) is 0 Å². The fourth-order valence-electron chi connectivity index (χ4n) is 2.34. The van der Waals surface area contributed by atoms with Crippen LogP contribution in [0.2, 0.25) is 0 Å². The zero-order valence-electron chi connectivity index (χ0n) is 15.2. The first-order chi connectivity index (χ1) is 12.5. The minimum Gasteiger partial charge on any atom is -0.490 e. The van der Waals surface area contributed by atoms with Gasteiger partial charge in [0.15, 0.2) is 23.3 Å². The second-order valence-electron chi connectivity index (χ2n) is 5.31. The van der Waals surface area contributed by atoms with Crippen molar-refractivity contribution >= 4 is 34.8 Å². The molecule has 1 aliphatic heterocycles. The Morgan fingerprint density at radius 2 is 2.04 bits per heavy atom. The minimum absolute atomic E-state index is 0.0586. The number of hydrogen-bond donors (Lipinski definition) is 1. The van der Waals surface area contributed by atoms with E-state index in [0.29, 0.717) is 36.1 Å². The van der Waals surface area contributed by atoms with Gasteiger partial charge in [-0.15, -0.1) is 0 Å². The molecule has 1 aromatic rings. The molecule has 1 heterocycles. The van der Waals surface area contributed by atoms with E-state index in [0.717, 1.165) is 10.7 Å². The monoisotopic (exact) mass is 377 g/mol. The van der Waals surface area contributed by atoms with Crippen LogP contribution in [-0.2, 0) is 9.59 Å². The summed E-state index contributed by atoms with van der Waals surface area (Å²) in [7, 11) is 0. The highest BCUT2D eigenvalue weighted by atomic mass is 32.2. The van der Waals surface area contributed by atoms with E-state index in [1.165, 1.54) is 11.8 Å². The summed E-state index contributed by atoms with van der Waals surface area (Å²) in [5.74, 6) is 0.306. The van der Waals surface area contributed by atoms with Crippen molar-refractivity contribution < 1.29 is 19.1 Å². The Morgan fingerprint density at radius 3 is 2.65 bits per heavy atom. The number of amides is 2. The van der Waals surface area contributed by atoms with Crippen molar-refractivity contribution in [2.45, 2.75) is 20.8 Å². The Hall–Kier alpha value is -2.48. The molecular formula is C18H23N3O4S. The standard InChI is InChI=1S/C18H23N3O4S/c1-4-20-18-21(5-2)17(23)15(26-18)10-12-7-8-13(25-11-16(19)22)14(9-12)24-6-3/h7-10H,4-6,11H2,1-3H3,(H2,19,22)/b15-10+,20-18?. The number of likely N-dealkylation sites (N-methyl/N-ethyl adjacent to an activating group) is 1. The molecule has 1 aliphatic rings.